The Balaban J connectivity index is 3.25. The summed E-state index contributed by atoms with van der Waals surface area (Å²) in [5.74, 6) is -1.84. The zero-order chi connectivity index (χ0) is 13.2. The summed E-state index contributed by atoms with van der Waals surface area (Å²) < 4.78 is 18.6. The molecule has 0 spiro atoms. The number of methoxy groups -OCH3 is 1. The molecule has 5 heteroatoms. The Labute approximate surface area is 98.7 Å². The van der Waals surface area contributed by atoms with Gasteiger partial charge in [-0.25, -0.2) is 4.39 Å². The van der Waals surface area contributed by atoms with Crippen molar-refractivity contribution < 1.29 is 24.1 Å². The maximum atomic E-state index is 13.7. The number of carboxylic acids is 1. The van der Waals surface area contributed by atoms with E-state index in [1.807, 2.05) is 0 Å². The van der Waals surface area contributed by atoms with Gasteiger partial charge in [-0.05, 0) is 11.6 Å². The summed E-state index contributed by atoms with van der Waals surface area (Å²) in [4.78, 5) is 10.7. The van der Waals surface area contributed by atoms with Gasteiger partial charge < -0.3 is 14.9 Å². The molecule has 0 saturated heterocycles. The Morgan fingerprint density at radius 1 is 1.47 bits per heavy atom. The molecule has 0 aliphatic carbocycles. The molecule has 94 valence electrons. The van der Waals surface area contributed by atoms with Crippen LogP contribution >= 0.6 is 0 Å². The molecule has 1 aromatic rings. The van der Waals surface area contributed by atoms with E-state index in [2.05, 4.69) is 0 Å². The average molecular weight is 242 g/mol. The fraction of sp³-hybridized carbons (Fsp3) is 0.417. The number of phenols is 1. The van der Waals surface area contributed by atoms with Crippen molar-refractivity contribution in [3.8, 4) is 11.5 Å². The van der Waals surface area contributed by atoms with Crippen molar-refractivity contribution in [3.63, 3.8) is 0 Å². The van der Waals surface area contributed by atoms with Crippen LogP contribution < -0.4 is 4.74 Å². The van der Waals surface area contributed by atoms with Gasteiger partial charge >= 0.3 is 5.97 Å². The van der Waals surface area contributed by atoms with Crippen LogP contribution in [0, 0.1) is 5.82 Å². The molecule has 1 aromatic carbocycles. The van der Waals surface area contributed by atoms with E-state index in [0.717, 1.165) is 6.07 Å². The summed E-state index contributed by atoms with van der Waals surface area (Å²) in [5.41, 5.74) is -0.675. The molecule has 0 aliphatic rings. The van der Waals surface area contributed by atoms with Crippen LogP contribution in [-0.4, -0.2) is 23.3 Å². The van der Waals surface area contributed by atoms with Gasteiger partial charge in [0.05, 0.1) is 13.5 Å². The van der Waals surface area contributed by atoms with E-state index in [-0.39, 0.29) is 23.5 Å². The van der Waals surface area contributed by atoms with E-state index in [9.17, 15) is 14.3 Å². The smallest absolute Gasteiger partial charge is 0.304 e. The fourth-order valence-electron chi connectivity index (χ4n) is 1.70. The second kappa shape index (κ2) is 4.61. The Hall–Kier alpha value is -1.78. The minimum Gasteiger partial charge on any atom is -0.504 e. The first-order valence-electron chi connectivity index (χ1n) is 5.06. The Morgan fingerprint density at radius 2 is 2.06 bits per heavy atom. The van der Waals surface area contributed by atoms with Gasteiger partial charge in [-0.3, -0.25) is 4.79 Å². The lowest BCUT2D eigenvalue weighted by atomic mass is 9.81. The summed E-state index contributed by atoms with van der Waals surface area (Å²) in [6, 6.07) is 2.26. The molecule has 2 N–H and O–H groups in total. The highest BCUT2D eigenvalue weighted by Crippen LogP contribution is 2.36. The SMILES string of the molecule is COc1cc(C(C)(C)CC(=O)O)c(F)cc1O. The number of hydrogen-bond donors (Lipinski definition) is 2. The van der Waals surface area contributed by atoms with Crippen LogP contribution in [0.1, 0.15) is 25.8 Å². The number of phenolic OH excluding ortho intramolecular Hbond substituents is 1. The monoisotopic (exact) mass is 242 g/mol. The summed E-state index contributed by atoms with van der Waals surface area (Å²) in [6.45, 7) is 3.24. The van der Waals surface area contributed by atoms with E-state index >= 15 is 0 Å². The lowest BCUT2D eigenvalue weighted by molar-refractivity contribution is -0.138. The van der Waals surface area contributed by atoms with Crippen LogP contribution in [0.3, 0.4) is 0 Å². The van der Waals surface area contributed by atoms with Crippen LogP contribution in [0.15, 0.2) is 12.1 Å². The molecule has 17 heavy (non-hydrogen) atoms. The lowest BCUT2D eigenvalue weighted by Crippen LogP contribution is -2.23. The topological polar surface area (TPSA) is 66.8 Å². The zero-order valence-corrected chi connectivity index (χ0v) is 9.95. The van der Waals surface area contributed by atoms with Gasteiger partial charge in [0.1, 0.15) is 5.82 Å². The van der Waals surface area contributed by atoms with Gasteiger partial charge in [-0.15, -0.1) is 0 Å². The Kier molecular flexibility index (Phi) is 3.60. The highest BCUT2D eigenvalue weighted by Gasteiger charge is 2.28. The van der Waals surface area contributed by atoms with Gasteiger partial charge in [0.2, 0.25) is 0 Å². The van der Waals surface area contributed by atoms with Gasteiger partial charge in [-0.1, -0.05) is 13.8 Å². The maximum absolute atomic E-state index is 13.7. The molecular weight excluding hydrogens is 227 g/mol. The van der Waals surface area contributed by atoms with Gasteiger partial charge in [0.15, 0.2) is 11.5 Å². The first-order chi connectivity index (χ1) is 7.77. The van der Waals surface area contributed by atoms with Crippen molar-refractivity contribution >= 4 is 5.97 Å². The number of ether oxygens (including phenoxy) is 1. The number of benzene rings is 1. The van der Waals surface area contributed by atoms with E-state index < -0.39 is 17.2 Å². The number of carbonyl (C=O) groups is 1. The average Bonchev–Trinajstić information content (AvgIpc) is 2.15. The van der Waals surface area contributed by atoms with Crippen LogP contribution in [0.25, 0.3) is 0 Å². The normalized spacial score (nSPS) is 11.3. The van der Waals surface area contributed by atoms with Crippen LogP contribution in [0.2, 0.25) is 0 Å². The predicted molar refractivity (Wildman–Crippen MR) is 59.9 cm³/mol. The molecule has 0 unspecified atom stereocenters. The van der Waals surface area contributed by atoms with Gasteiger partial charge in [0, 0.05) is 11.5 Å². The van der Waals surface area contributed by atoms with Crippen LogP contribution in [-0.2, 0) is 10.2 Å². The van der Waals surface area contributed by atoms with E-state index in [1.54, 1.807) is 13.8 Å². The second-order valence-electron chi connectivity index (χ2n) is 4.46. The zero-order valence-electron chi connectivity index (χ0n) is 9.95. The molecular formula is C12H15FO4. The van der Waals surface area contributed by atoms with Crippen molar-refractivity contribution in [3.05, 3.63) is 23.5 Å². The molecule has 1 rings (SSSR count). The number of rotatable bonds is 4. The van der Waals surface area contributed by atoms with E-state index in [4.69, 9.17) is 9.84 Å². The Bertz CT molecular complexity index is 440. The molecule has 4 nitrogen and oxygen atoms in total. The predicted octanol–water partition coefficient (Wildman–Crippen LogP) is 2.29. The third-order valence-corrected chi connectivity index (χ3v) is 2.59. The molecule has 0 amide bonds. The number of aromatic hydroxyl groups is 1. The standard InChI is InChI=1S/C12H15FO4/c1-12(2,6-11(15)16)7-4-10(17-3)9(14)5-8(7)13/h4-5,14H,6H2,1-3H3,(H,15,16). The summed E-state index contributed by atoms with van der Waals surface area (Å²) in [6.07, 6.45) is -0.210. The van der Waals surface area contributed by atoms with Crippen molar-refractivity contribution in [2.75, 3.05) is 7.11 Å². The van der Waals surface area contributed by atoms with Gasteiger partial charge in [-0.2, -0.15) is 0 Å². The summed E-state index contributed by atoms with van der Waals surface area (Å²) >= 11 is 0. The van der Waals surface area contributed by atoms with Crippen LogP contribution in [0.5, 0.6) is 11.5 Å². The highest BCUT2D eigenvalue weighted by atomic mass is 19.1. The second-order valence-corrected chi connectivity index (χ2v) is 4.46. The van der Waals surface area contributed by atoms with E-state index in [1.165, 1.54) is 13.2 Å². The molecule has 0 heterocycles. The van der Waals surface area contributed by atoms with Gasteiger partial charge in [0.25, 0.3) is 0 Å². The van der Waals surface area contributed by atoms with E-state index in [0.29, 0.717) is 0 Å². The van der Waals surface area contributed by atoms with Crippen molar-refractivity contribution in [1.82, 2.24) is 0 Å². The summed E-state index contributed by atoms with van der Waals surface area (Å²) in [5, 5.41) is 18.2. The molecule has 0 aliphatic heterocycles. The van der Waals surface area contributed by atoms with Crippen molar-refractivity contribution in [2.24, 2.45) is 0 Å². The Morgan fingerprint density at radius 3 is 2.53 bits per heavy atom. The first kappa shape index (κ1) is 13.3. The largest absolute Gasteiger partial charge is 0.504 e. The van der Waals surface area contributed by atoms with Crippen molar-refractivity contribution in [1.29, 1.82) is 0 Å². The number of halogens is 1. The third-order valence-electron chi connectivity index (χ3n) is 2.59. The number of aliphatic carboxylic acids is 1. The minimum absolute atomic E-state index is 0.125. The number of carboxylic acid groups (broad SMARTS) is 1. The fourth-order valence-corrected chi connectivity index (χ4v) is 1.70. The highest BCUT2D eigenvalue weighted by molar-refractivity contribution is 5.69. The summed E-state index contributed by atoms with van der Waals surface area (Å²) in [7, 11) is 1.35. The number of hydrogen-bond acceptors (Lipinski definition) is 3. The molecule has 0 bridgehead atoms. The molecule has 0 radical (unpaired) electrons. The molecule has 0 aromatic heterocycles. The van der Waals surface area contributed by atoms with Crippen LogP contribution in [0.4, 0.5) is 4.39 Å². The quantitative estimate of drug-likeness (QED) is 0.850. The minimum atomic E-state index is -1.01. The van der Waals surface area contributed by atoms with Crippen molar-refractivity contribution in [2.45, 2.75) is 25.7 Å². The lowest BCUT2D eigenvalue weighted by Gasteiger charge is -2.24. The molecule has 0 saturated carbocycles. The maximum Gasteiger partial charge on any atom is 0.304 e. The first-order valence-corrected chi connectivity index (χ1v) is 5.06. The molecule has 0 fully saturated rings. The third kappa shape index (κ3) is 2.87. The molecule has 0 atom stereocenters.